The highest BCUT2D eigenvalue weighted by Crippen LogP contribution is 2.37. The number of rotatable bonds is 7. The summed E-state index contributed by atoms with van der Waals surface area (Å²) in [6.45, 7) is 57.9. The summed E-state index contributed by atoms with van der Waals surface area (Å²) in [6.07, 6.45) is 0. The fourth-order valence-electron chi connectivity index (χ4n) is 12.1. The van der Waals surface area contributed by atoms with E-state index in [1.165, 1.54) is 69.7 Å². The zero-order chi connectivity index (χ0) is 76.0. The molecule has 521 valence electrons. The van der Waals surface area contributed by atoms with Crippen molar-refractivity contribution in [3.05, 3.63) is 317 Å². The van der Waals surface area contributed by atoms with Crippen LogP contribution in [0.25, 0.3) is 0 Å². The van der Waals surface area contributed by atoms with Gasteiger partial charge < -0.3 is 0 Å². The summed E-state index contributed by atoms with van der Waals surface area (Å²) < 4.78 is 22.6. The molecule has 0 amide bonds. The molecule has 0 saturated heterocycles. The van der Waals surface area contributed by atoms with Crippen LogP contribution < -0.4 is 36.3 Å². The highest BCUT2D eigenvalue weighted by molar-refractivity contribution is 7.19. The summed E-state index contributed by atoms with van der Waals surface area (Å²) in [5, 5.41) is 9.98. The predicted octanol–water partition coefficient (Wildman–Crippen LogP) is 22.8. The van der Waals surface area contributed by atoms with Crippen LogP contribution in [0.1, 0.15) is 220 Å². The predicted molar refractivity (Wildman–Crippen MR) is 445 cm³/mol. The van der Waals surface area contributed by atoms with E-state index in [0.717, 1.165) is 17.0 Å². The second-order valence-electron chi connectivity index (χ2n) is 34.2. The second-order valence-corrected chi connectivity index (χ2v) is 40.5. The van der Waals surface area contributed by atoms with Crippen LogP contribution in [0.4, 0.5) is 0 Å². The maximum Gasteiger partial charge on any atom is 0.179 e. The van der Waals surface area contributed by atoms with Gasteiger partial charge in [-0.15, -0.1) is 0 Å². The molecule has 10 aromatic carbocycles. The Morgan fingerprint density at radius 3 is 0.724 bits per heavy atom. The standard InChI is InChI=1S/C28H28Si.C18H15Si.C14H22.2C12H18.C8H18.C4H10/c1-28(2,3)23-19-21-27(22-20-23)29(24-13-7-4-8-14-24,25-15-9-5-10-16-25)26-17-11-6-12-18-26;1-4-10-16(11-5-1)19(17-12-6-2-7-13-17)18-14-8-3-9-15-18;1-13(2,3)11-9-7-8-10-12(11)14(4,5)6;2*1-9-7-6-8-10(2)11(9)12(3,4)5;1-7(2,3)8(4,5)6;1-4(2)3/h4-22H,1-3H3;1-15H;7-10H,1-6H3;2*6-8H,1-5H3;1-6H3;4H,1-3H3/i;;;1D3;;;. The van der Waals surface area contributed by atoms with Crippen LogP contribution in [-0.2, 0) is 27.1 Å². The zero-order valence-electron chi connectivity index (χ0n) is 69.0. The summed E-state index contributed by atoms with van der Waals surface area (Å²) in [5.74, 6) is 0.833. The van der Waals surface area contributed by atoms with Crippen molar-refractivity contribution in [3.63, 3.8) is 0 Å². The SMILES string of the molecule is CC(C)(C)C(C)(C)C.CC(C)(C)c1ccc([Si](c2ccccc2)(c2ccccc2)c2ccccc2)cc1.CC(C)(C)c1ccccc1C(C)(C)C.CC(C)C.Cc1cccc(C)c1C(C)(C)C.[2H]C([2H])([2H])c1cccc(C)c1C(C)(C)C.c1ccc([Si](c2ccccc2)c2ccccc2)cc1. The van der Waals surface area contributed by atoms with Crippen LogP contribution in [0.3, 0.4) is 0 Å². The van der Waals surface area contributed by atoms with Crippen LogP contribution in [0.2, 0.25) is 0 Å². The fraction of sp³-hybridized carbons (Fsp3) is 0.375. The molecule has 10 rings (SSSR count). The van der Waals surface area contributed by atoms with Crippen LogP contribution in [0.5, 0.6) is 0 Å². The zero-order valence-corrected chi connectivity index (χ0v) is 68.0. The highest BCUT2D eigenvalue weighted by atomic mass is 28.3. The lowest BCUT2D eigenvalue weighted by molar-refractivity contribution is 0.157. The van der Waals surface area contributed by atoms with E-state index >= 15 is 0 Å². The van der Waals surface area contributed by atoms with E-state index in [4.69, 9.17) is 4.11 Å². The first-order chi connectivity index (χ1) is 46.7. The molecule has 0 heterocycles. The Bertz CT molecular complexity index is 3710. The van der Waals surface area contributed by atoms with Gasteiger partial charge in [0.25, 0.3) is 0 Å². The van der Waals surface area contributed by atoms with Gasteiger partial charge in [-0.2, -0.15) is 0 Å². The smallest absolute Gasteiger partial charge is 0.0630 e. The molecule has 0 aliphatic heterocycles. The monoisotopic (exact) mass is 1340 g/mol. The first kappa shape index (κ1) is 78.0. The summed E-state index contributed by atoms with van der Waals surface area (Å²) in [4.78, 5) is 0. The van der Waals surface area contributed by atoms with Gasteiger partial charge in [-0.05, 0) is 142 Å². The first-order valence-corrected chi connectivity index (χ1v) is 39.3. The minimum Gasteiger partial charge on any atom is -0.0630 e. The summed E-state index contributed by atoms with van der Waals surface area (Å²) in [6, 6.07) is 95.9. The van der Waals surface area contributed by atoms with E-state index in [1.54, 1.807) is 6.07 Å². The van der Waals surface area contributed by atoms with Gasteiger partial charge in [0, 0.05) is 4.11 Å². The van der Waals surface area contributed by atoms with Gasteiger partial charge in [0.2, 0.25) is 0 Å². The molecular formula is C96H129Si2. The number of hydrogen-bond donors (Lipinski definition) is 0. The fourth-order valence-corrected chi connectivity index (χ4v) is 19.4. The largest absolute Gasteiger partial charge is 0.179 e. The molecule has 2 heteroatoms. The van der Waals surface area contributed by atoms with Gasteiger partial charge in [0.05, 0.1) is 0 Å². The van der Waals surface area contributed by atoms with Crippen LogP contribution in [-0.4, -0.2) is 16.9 Å². The lowest BCUT2D eigenvalue weighted by Crippen LogP contribution is -2.74. The Morgan fingerprint density at radius 1 is 0.265 bits per heavy atom. The summed E-state index contributed by atoms with van der Waals surface area (Å²) in [5.41, 5.74) is 12.7. The molecule has 0 fully saturated rings. The minimum absolute atomic E-state index is 0.130. The molecule has 0 aromatic heterocycles. The lowest BCUT2D eigenvalue weighted by Gasteiger charge is -2.34. The molecule has 0 aliphatic rings. The van der Waals surface area contributed by atoms with E-state index in [9.17, 15) is 0 Å². The highest BCUT2D eigenvalue weighted by Gasteiger charge is 2.41. The normalized spacial score (nSPS) is 12.4. The Kier molecular flexibility index (Phi) is 29.2. The second kappa shape index (κ2) is 36.6. The minimum atomic E-state index is -2.38. The average Bonchev–Trinajstić information content (AvgIpc) is 0.736. The molecule has 1 radical (unpaired) electrons. The first-order valence-electron chi connectivity index (χ1n) is 37.3. The Hall–Kier alpha value is -7.37. The Balaban J connectivity index is 0.000000266. The summed E-state index contributed by atoms with van der Waals surface area (Å²) in [7, 11) is -3.26. The summed E-state index contributed by atoms with van der Waals surface area (Å²) >= 11 is 0. The molecular weight excluding hydrogens is 1210 g/mol. The number of benzene rings is 10. The Labute approximate surface area is 608 Å². The number of hydrogen-bond acceptors (Lipinski definition) is 0. The van der Waals surface area contributed by atoms with Gasteiger partial charge in [-0.25, -0.2) is 0 Å². The Morgan fingerprint density at radius 2 is 0.500 bits per heavy atom. The maximum absolute atomic E-state index is 7.52. The molecule has 0 bridgehead atoms. The lowest BCUT2D eigenvalue weighted by atomic mass is 9.71. The van der Waals surface area contributed by atoms with Crippen molar-refractivity contribution in [1.82, 2.24) is 0 Å². The van der Waals surface area contributed by atoms with Gasteiger partial charge in [0.1, 0.15) is 0 Å². The van der Waals surface area contributed by atoms with E-state index in [0.29, 0.717) is 16.4 Å². The topological polar surface area (TPSA) is 0 Å². The van der Waals surface area contributed by atoms with Crippen molar-refractivity contribution >= 4 is 53.2 Å². The molecule has 0 nitrogen and oxygen atoms in total. The van der Waals surface area contributed by atoms with E-state index in [-0.39, 0.29) is 27.1 Å². The van der Waals surface area contributed by atoms with E-state index < -0.39 is 23.7 Å². The third-order valence-electron chi connectivity index (χ3n) is 18.0. The van der Waals surface area contributed by atoms with Crippen LogP contribution >= 0.6 is 0 Å². The molecule has 0 unspecified atom stereocenters. The molecule has 0 saturated carbocycles. The molecule has 0 spiro atoms. The van der Waals surface area contributed by atoms with Crippen molar-refractivity contribution in [1.29, 1.82) is 0 Å². The number of aryl methyl sites for hydroxylation is 4. The van der Waals surface area contributed by atoms with Crippen molar-refractivity contribution in [3.8, 4) is 0 Å². The average molecular weight is 1340 g/mol. The van der Waals surface area contributed by atoms with Gasteiger partial charge in [-0.1, -0.05) is 449 Å². The third-order valence-corrected chi connectivity index (χ3v) is 25.6. The molecule has 0 N–H and O–H groups in total. The quantitative estimate of drug-likeness (QED) is 0.110. The molecule has 0 aliphatic carbocycles. The van der Waals surface area contributed by atoms with Crippen LogP contribution in [0, 0.1) is 44.4 Å². The molecule has 0 atom stereocenters. The van der Waals surface area contributed by atoms with Crippen LogP contribution in [0.15, 0.2) is 267 Å². The van der Waals surface area contributed by atoms with E-state index in [1.807, 2.05) is 39.8 Å². The van der Waals surface area contributed by atoms with Crippen molar-refractivity contribution in [2.24, 2.45) is 16.7 Å². The third kappa shape index (κ3) is 25.1. The van der Waals surface area contributed by atoms with E-state index in [2.05, 4.69) is 408 Å². The van der Waals surface area contributed by atoms with Crippen molar-refractivity contribution in [2.45, 2.75) is 221 Å². The molecule has 98 heavy (non-hydrogen) atoms. The van der Waals surface area contributed by atoms with Gasteiger partial charge >= 0.3 is 0 Å². The van der Waals surface area contributed by atoms with Gasteiger partial charge in [-0.3, -0.25) is 0 Å². The maximum atomic E-state index is 7.52. The van der Waals surface area contributed by atoms with Crippen molar-refractivity contribution < 1.29 is 4.11 Å². The molecule has 10 aromatic rings. The van der Waals surface area contributed by atoms with Crippen molar-refractivity contribution in [2.75, 3.05) is 0 Å². The van der Waals surface area contributed by atoms with Gasteiger partial charge in [0.15, 0.2) is 16.9 Å².